The van der Waals surface area contributed by atoms with Crippen LogP contribution in [0.3, 0.4) is 0 Å². The van der Waals surface area contributed by atoms with E-state index in [1.54, 1.807) is 0 Å². The summed E-state index contributed by atoms with van der Waals surface area (Å²) < 4.78 is 22.8. The standard InChI is InChI=1S/C55H103NO13/c1-3-5-7-9-11-13-15-17-19-20-21-22-23-24-25-27-29-31-33-35-37-39-47(60)56-43(44(59)38-36-34-32-30-28-26-18-16-14-12-10-8-6-4-2)42-66-54-52(65)50(63)53(46(41-58)68-54)69-55-51(64)49(62)48(61)45(40-57)67-55/h15,17,20-21,43-46,48-55,57-59,61-65H,3-14,16,18-19,22-42H2,1-2H3,(H,56,60)/b17-15-,21-20-. The van der Waals surface area contributed by atoms with Gasteiger partial charge >= 0.3 is 0 Å². The fourth-order valence-corrected chi connectivity index (χ4v) is 9.33. The normalized spacial score (nSPS) is 26.3. The molecule has 0 aromatic carbocycles. The number of allylic oxidation sites excluding steroid dienone is 4. The zero-order valence-corrected chi connectivity index (χ0v) is 43.3. The van der Waals surface area contributed by atoms with E-state index in [1.807, 2.05) is 0 Å². The Morgan fingerprint density at radius 2 is 0.957 bits per heavy atom. The van der Waals surface area contributed by atoms with Crippen molar-refractivity contribution in [3.8, 4) is 0 Å². The van der Waals surface area contributed by atoms with Crippen molar-refractivity contribution < 1.29 is 64.6 Å². The maximum absolute atomic E-state index is 13.2. The van der Waals surface area contributed by atoms with Gasteiger partial charge in [0.05, 0.1) is 32.0 Å². The smallest absolute Gasteiger partial charge is 0.220 e. The summed E-state index contributed by atoms with van der Waals surface area (Å²) in [6.07, 6.45) is 30.3. The Bertz CT molecular complexity index is 1260. The van der Waals surface area contributed by atoms with Crippen LogP contribution >= 0.6 is 0 Å². The lowest BCUT2D eigenvalue weighted by atomic mass is 9.97. The molecular weight excluding hydrogens is 883 g/mol. The van der Waals surface area contributed by atoms with Crippen molar-refractivity contribution in [2.75, 3.05) is 19.8 Å². The highest BCUT2D eigenvalue weighted by atomic mass is 16.7. The molecule has 2 fully saturated rings. The molecular formula is C55H103NO13. The highest BCUT2D eigenvalue weighted by Gasteiger charge is 2.51. The summed E-state index contributed by atoms with van der Waals surface area (Å²) in [6, 6.07) is -0.828. The maximum Gasteiger partial charge on any atom is 0.220 e. The van der Waals surface area contributed by atoms with Crippen LogP contribution in [0.5, 0.6) is 0 Å². The van der Waals surface area contributed by atoms with Crippen LogP contribution in [0.1, 0.15) is 226 Å². The third-order valence-corrected chi connectivity index (χ3v) is 13.9. The lowest BCUT2D eigenvalue weighted by Gasteiger charge is -2.46. The van der Waals surface area contributed by atoms with Crippen LogP contribution in [0.25, 0.3) is 0 Å². The second kappa shape index (κ2) is 41.9. The van der Waals surface area contributed by atoms with Crippen LogP contribution in [0.15, 0.2) is 24.3 Å². The minimum Gasteiger partial charge on any atom is -0.394 e. The van der Waals surface area contributed by atoms with Crippen LogP contribution in [-0.4, -0.2) is 140 Å². The molecule has 0 bridgehead atoms. The molecule has 14 nitrogen and oxygen atoms in total. The Balaban J connectivity index is 1.77. The van der Waals surface area contributed by atoms with Gasteiger partial charge in [-0.2, -0.15) is 0 Å². The molecule has 2 aliphatic rings. The summed E-state index contributed by atoms with van der Waals surface area (Å²) >= 11 is 0. The minimum atomic E-state index is -1.78. The summed E-state index contributed by atoms with van der Waals surface area (Å²) in [5.74, 6) is -0.210. The van der Waals surface area contributed by atoms with Gasteiger partial charge in [-0.25, -0.2) is 0 Å². The summed E-state index contributed by atoms with van der Waals surface area (Å²) in [5.41, 5.74) is 0. The van der Waals surface area contributed by atoms with Crippen LogP contribution in [-0.2, 0) is 23.7 Å². The average Bonchev–Trinajstić information content (AvgIpc) is 3.35. The predicted octanol–water partition coefficient (Wildman–Crippen LogP) is 8.50. The Morgan fingerprint density at radius 3 is 1.45 bits per heavy atom. The number of amides is 1. The first-order valence-corrected chi connectivity index (χ1v) is 28.1. The van der Waals surface area contributed by atoms with Gasteiger partial charge in [-0.1, -0.05) is 199 Å². The Kier molecular flexibility index (Phi) is 38.6. The molecule has 0 aromatic heterocycles. The van der Waals surface area contributed by atoms with Crippen molar-refractivity contribution in [3.05, 3.63) is 24.3 Å². The minimum absolute atomic E-state index is 0.210. The van der Waals surface area contributed by atoms with Gasteiger partial charge in [0.1, 0.15) is 48.8 Å². The van der Waals surface area contributed by atoms with Crippen LogP contribution in [0.2, 0.25) is 0 Å². The van der Waals surface area contributed by atoms with E-state index in [4.69, 9.17) is 18.9 Å². The lowest BCUT2D eigenvalue weighted by Crippen LogP contribution is -2.65. The number of hydrogen-bond donors (Lipinski definition) is 9. The zero-order valence-electron chi connectivity index (χ0n) is 43.3. The van der Waals surface area contributed by atoms with Gasteiger partial charge in [-0.05, 0) is 44.9 Å². The third-order valence-electron chi connectivity index (χ3n) is 13.9. The number of carbonyl (C=O) groups excluding carboxylic acids is 1. The van der Waals surface area contributed by atoms with E-state index in [0.29, 0.717) is 12.8 Å². The van der Waals surface area contributed by atoms with Gasteiger partial charge < -0.3 is 65.1 Å². The van der Waals surface area contributed by atoms with E-state index in [0.717, 1.165) is 64.2 Å². The molecule has 0 aliphatic carbocycles. The van der Waals surface area contributed by atoms with Crippen molar-refractivity contribution in [1.29, 1.82) is 0 Å². The second-order valence-corrected chi connectivity index (χ2v) is 20.1. The number of aliphatic hydroxyl groups is 8. The molecule has 12 unspecified atom stereocenters. The van der Waals surface area contributed by atoms with Crippen molar-refractivity contribution in [2.24, 2.45) is 0 Å². The molecule has 0 spiro atoms. The molecule has 1 amide bonds. The summed E-state index contributed by atoms with van der Waals surface area (Å²) in [7, 11) is 0. The van der Waals surface area contributed by atoms with E-state index in [9.17, 15) is 45.6 Å². The number of ether oxygens (including phenoxy) is 4. The molecule has 0 radical (unpaired) electrons. The average molecular weight is 986 g/mol. The molecule has 0 aromatic rings. The van der Waals surface area contributed by atoms with E-state index in [-0.39, 0.29) is 12.5 Å². The van der Waals surface area contributed by atoms with Crippen LogP contribution in [0, 0.1) is 0 Å². The van der Waals surface area contributed by atoms with Gasteiger partial charge in [0.2, 0.25) is 5.91 Å². The molecule has 2 saturated heterocycles. The number of aliphatic hydroxyl groups excluding tert-OH is 8. The van der Waals surface area contributed by atoms with Crippen molar-refractivity contribution in [1.82, 2.24) is 5.32 Å². The van der Waals surface area contributed by atoms with Crippen LogP contribution < -0.4 is 5.32 Å². The van der Waals surface area contributed by atoms with Gasteiger partial charge in [0, 0.05) is 6.42 Å². The molecule has 9 N–H and O–H groups in total. The zero-order chi connectivity index (χ0) is 50.3. The molecule has 12 atom stereocenters. The second-order valence-electron chi connectivity index (χ2n) is 20.1. The Hall–Kier alpha value is -1.53. The van der Waals surface area contributed by atoms with Gasteiger partial charge in [0.15, 0.2) is 12.6 Å². The van der Waals surface area contributed by atoms with Crippen molar-refractivity contribution >= 4 is 5.91 Å². The largest absolute Gasteiger partial charge is 0.394 e. The summed E-state index contributed by atoms with van der Waals surface area (Å²) in [6.45, 7) is 2.85. The van der Waals surface area contributed by atoms with Gasteiger partial charge in [0.25, 0.3) is 0 Å². The van der Waals surface area contributed by atoms with E-state index in [1.165, 1.54) is 135 Å². The number of rotatable bonds is 44. The monoisotopic (exact) mass is 986 g/mol. The fraction of sp³-hybridized carbons (Fsp3) is 0.909. The SMILES string of the molecule is CCCCCCC/C=C\C/C=C\CCCCCCCCCCCC(=O)NC(COC1OC(CO)C(OC2OC(CO)C(O)C(O)C2O)C(O)C1O)C(O)CCCCCCCCCCCCCCCC. The molecule has 0 saturated carbocycles. The number of nitrogens with one attached hydrogen (secondary N) is 1. The maximum atomic E-state index is 13.2. The molecule has 69 heavy (non-hydrogen) atoms. The highest BCUT2D eigenvalue weighted by molar-refractivity contribution is 5.76. The molecule has 2 heterocycles. The van der Waals surface area contributed by atoms with E-state index >= 15 is 0 Å². The van der Waals surface area contributed by atoms with Crippen molar-refractivity contribution in [3.63, 3.8) is 0 Å². The van der Waals surface area contributed by atoms with Crippen LogP contribution in [0.4, 0.5) is 0 Å². The Labute approximate surface area is 418 Å². The first kappa shape index (κ1) is 63.6. The van der Waals surface area contributed by atoms with Crippen molar-refractivity contribution in [2.45, 2.75) is 299 Å². The third kappa shape index (κ3) is 28.5. The first-order chi connectivity index (χ1) is 33.6. The quantitative estimate of drug-likeness (QED) is 0.0206. The summed E-state index contributed by atoms with van der Waals surface area (Å²) in [5, 5.41) is 87.1. The molecule has 14 heteroatoms. The van der Waals surface area contributed by atoms with Gasteiger partial charge in [-0.15, -0.1) is 0 Å². The molecule has 406 valence electrons. The number of unbranched alkanes of at least 4 members (excludes halogenated alkanes) is 27. The lowest BCUT2D eigenvalue weighted by molar-refractivity contribution is -0.359. The Morgan fingerprint density at radius 1 is 0.522 bits per heavy atom. The topological polar surface area (TPSA) is 228 Å². The van der Waals surface area contributed by atoms with E-state index < -0.39 is 86.8 Å². The summed E-state index contributed by atoms with van der Waals surface area (Å²) in [4.78, 5) is 13.2. The number of hydrogen-bond acceptors (Lipinski definition) is 13. The molecule has 2 rings (SSSR count). The number of carbonyl (C=O) groups is 1. The fourth-order valence-electron chi connectivity index (χ4n) is 9.33. The highest BCUT2D eigenvalue weighted by Crippen LogP contribution is 2.30. The van der Waals surface area contributed by atoms with Gasteiger partial charge in [-0.3, -0.25) is 4.79 Å². The first-order valence-electron chi connectivity index (χ1n) is 28.1. The predicted molar refractivity (Wildman–Crippen MR) is 272 cm³/mol. The molecule has 2 aliphatic heterocycles. The van der Waals surface area contributed by atoms with E-state index in [2.05, 4.69) is 43.5 Å².